The lowest BCUT2D eigenvalue weighted by molar-refractivity contribution is -0.113. The molecule has 3 aromatic rings. The Morgan fingerprint density at radius 1 is 1.17 bits per heavy atom. The predicted octanol–water partition coefficient (Wildman–Crippen LogP) is 4.12. The summed E-state index contributed by atoms with van der Waals surface area (Å²) in [6.45, 7) is 1.03. The Labute approximate surface area is 184 Å². The van der Waals surface area contributed by atoms with Gasteiger partial charge >= 0.3 is 0 Å². The molecule has 4 rings (SSSR count). The fraction of sp³-hybridized carbons (Fsp3) is 0.300. The predicted molar refractivity (Wildman–Crippen MR) is 120 cm³/mol. The number of imidazole rings is 1. The van der Waals surface area contributed by atoms with Crippen LogP contribution in [0.25, 0.3) is 11.0 Å². The summed E-state index contributed by atoms with van der Waals surface area (Å²) in [7, 11) is -3.60. The number of fused-ring (bicyclic) bond motifs is 1. The molecule has 1 fully saturated rings. The average molecular weight is 465 g/mol. The van der Waals surface area contributed by atoms with Gasteiger partial charge in [0.15, 0.2) is 5.16 Å². The topological polar surface area (TPSA) is 95.2 Å². The molecule has 2 N–H and O–H groups in total. The van der Waals surface area contributed by atoms with E-state index in [9.17, 15) is 13.2 Å². The third-order valence-electron chi connectivity index (χ3n) is 4.87. The monoisotopic (exact) mass is 464 g/mol. The number of hydrogen-bond acceptors (Lipinski definition) is 5. The van der Waals surface area contributed by atoms with E-state index in [2.05, 4.69) is 15.3 Å². The number of carbonyl (C=O) groups excluding carboxylic acids is 1. The number of aromatic amines is 1. The third kappa shape index (κ3) is 4.64. The lowest BCUT2D eigenvalue weighted by Crippen LogP contribution is -2.35. The van der Waals surface area contributed by atoms with Gasteiger partial charge in [-0.1, -0.05) is 41.9 Å². The molecule has 10 heteroatoms. The summed E-state index contributed by atoms with van der Waals surface area (Å²) >= 11 is 7.46. The van der Waals surface area contributed by atoms with Crippen LogP contribution in [0.15, 0.2) is 52.5 Å². The van der Waals surface area contributed by atoms with E-state index >= 15 is 0 Å². The molecular formula is C20H21ClN4O3S2. The number of hydrogen-bond donors (Lipinski definition) is 2. The molecule has 0 radical (unpaired) electrons. The Morgan fingerprint density at radius 2 is 1.93 bits per heavy atom. The molecule has 0 unspecified atom stereocenters. The van der Waals surface area contributed by atoms with E-state index in [0.717, 1.165) is 30.3 Å². The third-order valence-corrected chi connectivity index (χ3v) is 7.97. The number of piperidine rings is 1. The number of anilines is 1. The van der Waals surface area contributed by atoms with Crippen molar-refractivity contribution in [1.82, 2.24) is 14.3 Å². The van der Waals surface area contributed by atoms with Gasteiger partial charge in [-0.3, -0.25) is 4.79 Å². The molecule has 1 saturated heterocycles. The molecule has 2 aromatic carbocycles. The fourth-order valence-corrected chi connectivity index (χ4v) is 5.73. The summed E-state index contributed by atoms with van der Waals surface area (Å²) in [6.07, 6.45) is 2.75. The minimum Gasteiger partial charge on any atom is -0.333 e. The first-order chi connectivity index (χ1) is 14.4. The zero-order chi connectivity index (χ0) is 21.1. The SMILES string of the molecule is O=C(CSc1nc2ccccc2[nH]1)Nc1cc(S(=O)(=O)N2CCCCC2)ccc1Cl. The van der Waals surface area contributed by atoms with Crippen molar-refractivity contribution >= 4 is 56.0 Å². The van der Waals surface area contributed by atoms with Gasteiger partial charge in [-0.15, -0.1) is 0 Å². The van der Waals surface area contributed by atoms with Crippen molar-refractivity contribution in [3.63, 3.8) is 0 Å². The van der Waals surface area contributed by atoms with E-state index in [-0.39, 0.29) is 27.3 Å². The summed E-state index contributed by atoms with van der Waals surface area (Å²) in [6, 6.07) is 12.0. The molecule has 0 saturated carbocycles. The van der Waals surface area contributed by atoms with Crippen LogP contribution in [0.1, 0.15) is 19.3 Å². The summed E-state index contributed by atoms with van der Waals surface area (Å²) in [4.78, 5) is 20.1. The Balaban J connectivity index is 1.44. The fourth-order valence-electron chi connectivity index (χ4n) is 3.33. The second-order valence-corrected chi connectivity index (χ2v) is 10.3. The number of rotatable bonds is 6. The van der Waals surface area contributed by atoms with Gasteiger partial charge in [-0.25, -0.2) is 13.4 Å². The van der Waals surface area contributed by atoms with Crippen molar-refractivity contribution in [2.45, 2.75) is 29.3 Å². The maximum absolute atomic E-state index is 12.9. The Morgan fingerprint density at radius 3 is 2.70 bits per heavy atom. The van der Waals surface area contributed by atoms with Crippen LogP contribution in [0.3, 0.4) is 0 Å². The molecule has 0 bridgehead atoms. The summed E-state index contributed by atoms with van der Waals surface area (Å²) in [5, 5.41) is 3.64. The van der Waals surface area contributed by atoms with Gasteiger partial charge in [-0.05, 0) is 43.2 Å². The average Bonchev–Trinajstić information content (AvgIpc) is 3.17. The smallest absolute Gasteiger partial charge is 0.243 e. The number of benzene rings is 2. The van der Waals surface area contributed by atoms with Crippen LogP contribution < -0.4 is 5.32 Å². The number of thioether (sulfide) groups is 1. The molecule has 158 valence electrons. The number of aromatic nitrogens is 2. The molecule has 2 heterocycles. The van der Waals surface area contributed by atoms with E-state index in [1.807, 2.05) is 24.3 Å². The molecule has 0 atom stereocenters. The van der Waals surface area contributed by atoms with Crippen molar-refractivity contribution in [2.24, 2.45) is 0 Å². The van der Waals surface area contributed by atoms with E-state index in [4.69, 9.17) is 11.6 Å². The standard InChI is InChI=1S/C20H21ClN4O3S2/c21-15-9-8-14(30(27,28)25-10-4-1-5-11-25)12-18(15)22-19(26)13-29-20-23-16-6-2-3-7-17(16)24-20/h2-3,6-9,12H,1,4-5,10-11,13H2,(H,22,26)(H,23,24). The van der Waals surface area contributed by atoms with Gasteiger partial charge in [0.25, 0.3) is 0 Å². The zero-order valence-corrected chi connectivity index (χ0v) is 18.5. The Hall–Kier alpha value is -2.07. The molecule has 7 nitrogen and oxygen atoms in total. The number of carbonyl (C=O) groups is 1. The molecule has 1 aliphatic heterocycles. The maximum Gasteiger partial charge on any atom is 0.243 e. The quantitative estimate of drug-likeness (QED) is 0.535. The Kier molecular flexibility index (Phi) is 6.33. The number of para-hydroxylation sites is 2. The van der Waals surface area contributed by atoms with Gasteiger partial charge in [0, 0.05) is 13.1 Å². The first-order valence-electron chi connectivity index (χ1n) is 9.60. The number of nitrogens with zero attached hydrogens (tertiary/aromatic N) is 2. The second kappa shape index (κ2) is 8.97. The van der Waals surface area contributed by atoms with Crippen molar-refractivity contribution in [1.29, 1.82) is 0 Å². The van der Waals surface area contributed by atoms with Crippen molar-refractivity contribution < 1.29 is 13.2 Å². The highest BCUT2D eigenvalue weighted by Gasteiger charge is 2.26. The van der Waals surface area contributed by atoms with E-state index < -0.39 is 10.0 Å². The molecular weight excluding hydrogens is 444 g/mol. The van der Waals surface area contributed by atoms with Crippen LogP contribution in [0.2, 0.25) is 5.02 Å². The van der Waals surface area contributed by atoms with E-state index in [1.165, 1.54) is 34.3 Å². The van der Waals surface area contributed by atoms with Gasteiger partial charge in [-0.2, -0.15) is 4.31 Å². The van der Waals surface area contributed by atoms with E-state index in [1.54, 1.807) is 0 Å². The van der Waals surface area contributed by atoms with Crippen molar-refractivity contribution in [3.8, 4) is 0 Å². The lowest BCUT2D eigenvalue weighted by Gasteiger charge is -2.26. The minimum atomic E-state index is -3.60. The molecule has 1 aromatic heterocycles. The number of halogens is 1. The number of H-pyrrole nitrogens is 1. The number of amides is 1. The largest absolute Gasteiger partial charge is 0.333 e. The van der Waals surface area contributed by atoms with Crippen LogP contribution in [-0.4, -0.2) is 47.4 Å². The van der Waals surface area contributed by atoms with Crippen LogP contribution in [0.4, 0.5) is 5.69 Å². The van der Waals surface area contributed by atoms with Crippen LogP contribution >= 0.6 is 23.4 Å². The number of nitrogens with one attached hydrogen (secondary N) is 2. The molecule has 0 spiro atoms. The first kappa shape index (κ1) is 21.2. The summed E-state index contributed by atoms with van der Waals surface area (Å²) < 4.78 is 27.3. The van der Waals surface area contributed by atoms with Crippen LogP contribution in [-0.2, 0) is 14.8 Å². The summed E-state index contributed by atoms with van der Waals surface area (Å²) in [5.74, 6) is -0.186. The van der Waals surface area contributed by atoms with Gasteiger partial charge in [0.2, 0.25) is 15.9 Å². The van der Waals surface area contributed by atoms with Gasteiger partial charge in [0.05, 0.1) is 32.4 Å². The van der Waals surface area contributed by atoms with E-state index in [0.29, 0.717) is 18.2 Å². The van der Waals surface area contributed by atoms with Crippen molar-refractivity contribution in [2.75, 3.05) is 24.2 Å². The zero-order valence-electron chi connectivity index (χ0n) is 16.1. The Bertz CT molecular complexity index is 1140. The van der Waals surface area contributed by atoms with Crippen LogP contribution in [0.5, 0.6) is 0 Å². The molecule has 1 amide bonds. The second-order valence-electron chi connectivity index (χ2n) is 7.00. The molecule has 0 aliphatic carbocycles. The van der Waals surface area contributed by atoms with Gasteiger partial charge < -0.3 is 10.3 Å². The number of sulfonamides is 1. The normalized spacial score (nSPS) is 15.4. The van der Waals surface area contributed by atoms with Crippen LogP contribution in [0, 0.1) is 0 Å². The maximum atomic E-state index is 12.9. The van der Waals surface area contributed by atoms with Gasteiger partial charge in [0.1, 0.15) is 0 Å². The summed E-state index contributed by atoms with van der Waals surface area (Å²) in [5.41, 5.74) is 2.02. The highest BCUT2D eigenvalue weighted by Crippen LogP contribution is 2.28. The highest BCUT2D eigenvalue weighted by molar-refractivity contribution is 7.99. The lowest BCUT2D eigenvalue weighted by atomic mass is 10.2. The molecule has 1 aliphatic rings. The minimum absolute atomic E-state index is 0.110. The first-order valence-corrected chi connectivity index (χ1v) is 12.4. The molecule has 30 heavy (non-hydrogen) atoms. The van der Waals surface area contributed by atoms with Crippen molar-refractivity contribution in [3.05, 3.63) is 47.5 Å². The highest BCUT2D eigenvalue weighted by atomic mass is 35.5.